The van der Waals surface area contributed by atoms with E-state index in [2.05, 4.69) is 129 Å². The molecule has 0 bridgehead atoms. The zero-order valence-corrected chi connectivity index (χ0v) is 19.0. The molecule has 4 rings (SSSR count). The molecule has 0 aliphatic heterocycles. The summed E-state index contributed by atoms with van der Waals surface area (Å²) < 4.78 is 0. The van der Waals surface area contributed by atoms with Gasteiger partial charge in [-0.05, 0) is 0 Å². The van der Waals surface area contributed by atoms with Crippen molar-refractivity contribution in [3.8, 4) is 0 Å². The van der Waals surface area contributed by atoms with Crippen molar-refractivity contribution in [2.75, 3.05) is 0 Å². The van der Waals surface area contributed by atoms with Gasteiger partial charge < -0.3 is 0 Å². The first kappa shape index (κ1) is 20.6. The van der Waals surface area contributed by atoms with Gasteiger partial charge in [-0.3, -0.25) is 0 Å². The summed E-state index contributed by atoms with van der Waals surface area (Å²) in [5.41, 5.74) is 2.86. The zero-order valence-electron chi connectivity index (χ0n) is 18.0. The van der Waals surface area contributed by atoms with E-state index in [0.717, 1.165) is 6.16 Å². The molecule has 4 aromatic carbocycles. The van der Waals surface area contributed by atoms with Crippen molar-refractivity contribution in [1.82, 2.24) is 0 Å². The second-order valence-corrected chi connectivity index (χ2v) is 12.1. The van der Waals surface area contributed by atoms with Crippen LogP contribution in [0.2, 0.25) is 0 Å². The number of hydrogen-bond acceptors (Lipinski definition) is 0. The SMILES string of the molecule is CCC(C)c1ccc(C[PH](c2ccccc2)(c2ccccc2)c2ccccc2)cc1. The minimum absolute atomic E-state index is 0.610. The van der Waals surface area contributed by atoms with E-state index >= 15 is 0 Å². The Balaban J connectivity index is 1.89. The second kappa shape index (κ2) is 9.41. The van der Waals surface area contributed by atoms with Gasteiger partial charge >= 0.3 is 182 Å². The van der Waals surface area contributed by atoms with Gasteiger partial charge in [0.1, 0.15) is 0 Å². The number of benzene rings is 4. The summed E-state index contributed by atoms with van der Waals surface area (Å²) in [6.45, 7) is 4.57. The van der Waals surface area contributed by atoms with Crippen LogP contribution >= 0.6 is 7.26 Å². The first-order valence-corrected chi connectivity index (χ1v) is 13.2. The summed E-state index contributed by atoms with van der Waals surface area (Å²) in [6.07, 6.45) is 2.24. The predicted octanol–water partition coefficient (Wildman–Crippen LogP) is 6.43. The van der Waals surface area contributed by atoms with Crippen LogP contribution in [-0.2, 0) is 6.16 Å². The van der Waals surface area contributed by atoms with Crippen LogP contribution in [0.15, 0.2) is 115 Å². The molecule has 0 nitrogen and oxygen atoms in total. The molecule has 1 atom stereocenters. The summed E-state index contributed by atoms with van der Waals surface area (Å²) in [5, 5.41) is 4.40. The van der Waals surface area contributed by atoms with Crippen molar-refractivity contribution in [1.29, 1.82) is 0 Å². The van der Waals surface area contributed by atoms with E-state index in [-0.39, 0.29) is 0 Å². The molecule has 0 aliphatic carbocycles. The maximum atomic E-state index is 2.36. The number of rotatable bonds is 7. The van der Waals surface area contributed by atoms with Crippen LogP contribution < -0.4 is 15.9 Å². The molecule has 0 aliphatic rings. The Hall–Kier alpha value is -2.69. The molecule has 30 heavy (non-hydrogen) atoms. The molecular formula is C29H31P. The topological polar surface area (TPSA) is 0 Å². The number of hydrogen-bond donors (Lipinski definition) is 0. The van der Waals surface area contributed by atoms with Gasteiger partial charge in [0.2, 0.25) is 0 Å². The van der Waals surface area contributed by atoms with E-state index < -0.39 is 7.26 Å². The van der Waals surface area contributed by atoms with Gasteiger partial charge in [-0.25, -0.2) is 0 Å². The van der Waals surface area contributed by atoms with E-state index in [9.17, 15) is 0 Å². The molecule has 0 radical (unpaired) electrons. The van der Waals surface area contributed by atoms with Crippen LogP contribution in [0.4, 0.5) is 0 Å². The van der Waals surface area contributed by atoms with Gasteiger partial charge in [-0.2, -0.15) is 0 Å². The van der Waals surface area contributed by atoms with Crippen molar-refractivity contribution in [2.45, 2.75) is 32.3 Å². The summed E-state index contributed by atoms with van der Waals surface area (Å²) in [6, 6.07) is 42.9. The fourth-order valence-electron chi connectivity index (χ4n) is 4.48. The Labute approximate surface area is 182 Å². The molecule has 0 aromatic heterocycles. The average Bonchev–Trinajstić information content (AvgIpc) is 2.84. The quantitative estimate of drug-likeness (QED) is 0.308. The van der Waals surface area contributed by atoms with E-state index in [1.54, 1.807) is 0 Å². The van der Waals surface area contributed by atoms with Crippen molar-refractivity contribution < 1.29 is 0 Å². The Morgan fingerprint density at radius 3 is 1.33 bits per heavy atom. The van der Waals surface area contributed by atoms with E-state index in [1.165, 1.54) is 33.5 Å². The van der Waals surface area contributed by atoms with Crippen molar-refractivity contribution in [3.05, 3.63) is 126 Å². The van der Waals surface area contributed by atoms with Gasteiger partial charge in [0, 0.05) is 0 Å². The summed E-state index contributed by atoms with van der Waals surface area (Å²) >= 11 is 0. The Morgan fingerprint density at radius 2 is 0.967 bits per heavy atom. The third-order valence-electron chi connectivity index (χ3n) is 6.43. The molecule has 0 heterocycles. The van der Waals surface area contributed by atoms with Gasteiger partial charge in [-0.15, -0.1) is 0 Å². The Kier molecular flexibility index (Phi) is 6.46. The van der Waals surface area contributed by atoms with Crippen LogP contribution in [0.25, 0.3) is 0 Å². The van der Waals surface area contributed by atoms with E-state index in [1.807, 2.05) is 0 Å². The second-order valence-electron chi connectivity index (χ2n) is 8.23. The normalized spacial score (nSPS) is 13.0. The molecule has 4 aromatic rings. The van der Waals surface area contributed by atoms with Crippen molar-refractivity contribution >= 4 is 23.2 Å². The Bertz CT molecular complexity index is 941. The van der Waals surface area contributed by atoms with Gasteiger partial charge in [-0.1, -0.05) is 0 Å². The predicted molar refractivity (Wildman–Crippen MR) is 135 cm³/mol. The monoisotopic (exact) mass is 410 g/mol. The van der Waals surface area contributed by atoms with E-state index in [0.29, 0.717) is 5.92 Å². The average molecular weight is 411 g/mol. The third-order valence-corrected chi connectivity index (χ3v) is 11.3. The van der Waals surface area contributed by atoms with Crippen LogP contribution in [0.5, 0.6) is 0 Å². The fourth-order valence-corrected chi connectivity index (χ4v) is 9.23. The molecule has 1 unspecified atom stereocenters. The van der Waals surface area contributed by atoms with Crippen molar-refractivity contribution in [3.63, 3.8) is 0 Å². The molecule has 0 spiro atoms. The first-order valence-electron chi connectivity index (χ1n) is 11.0. The standard InChI is InChI=1S/C29H31P/c1-3-24(2)26-21-19-25(20-22-26)23-30(27-13-7-4-8-14-27,28-15-9-5-10-16-28)29-17-11-6-12-18-29/h4-22,24,30H,3,23H2,1-2H3. The molecule has 0 amide bonds. The summed E-state index contributed by atoms with van der Waals surface area (Å²) in [5.74, 6) is 0.610. The van der Waals surface area contributed by atoms with Crippen LogP contribution in [-0.4, -0.2) is 0 Å². The molecule has 0 saturated heterocycles. The Morgan fingerprint density at radius 1 is 0.567 bits per heavy atom. The van der Waals surface area contributed by atoms with Gasteiger partial charge in [0.25, 0.3) is 0 Å². The minimum atomic E-state index is -2.22. The maximum absolute atomic E-state index is 2.36. The van der Waals surface area contributed by atoms with Crippen LogP contribution in [0.3, 0.4) is 0 Å². The van der Waals surface area contributed by atoms with Crippen LogP contribution in [0, 0.1) is 0 Å². The van der Waals surface area contributed by atoms with Crippen LogP contribution in [0.1, 0.15) is 37.3 Å². The fraction of sp³-hybridized carbons (Fsp3) is 0.172. The van der Waals surface area contributed by atoms with Crippen molar-refractivity contribution in [2.24, 2.45) is 0 Å². The zero-order chi connectivity index (χ0) is 20.8. The third kappa shape index (κ3) is 4.11. The molecule has 1 heteroatoms. The van der Waals surface area contributed by atoms with E-state index in [4.69, 9.17) is 0 Å². The summed E-state index contributed by atoms with van der Waals surface area (Å²) in [4.78, 5) is 0. The molecule has 0 fully saturated rings. The summed E-state index contributed by atoms with van der Waals surface area (Å²) in [7, 11) is -2.22. The molecule has 152 valence electrons. The molecule has 0 saturated carbocycles. The van der Waals surface area contributed by atoms with Gasteiger partial charge in [0.15, 0.2) is 0 Å². The first-order chi connectivity index (χ1) is 14.7. The van der Waals surface area contributed by atoms with Gasteiger partial charge in [0.05, 0.1) is 0 Å². The molecular weight excluding hydrogens is 379 g/mol. The molecule has 0 N–H and O–H groups in total.